The number of hydrogen-bond donors (Lipinski definition) is 0. The Kier molecular flexibility index (Phi) is 5.57. The first kappa shape index (κ1) is 16.9. The van der Waals surface area contributed by atoms with Crippen molar-refractivity contribution in [1.29, 1.82) is 0 Å². The monoisotopic (exact) mass is 354 g/mol. The number of rotatable bonds is 8. The summed E-state index contributed by atoms with van der Waals surface area (Å²) < 4.78 is 59.9. The maximum Gasteiger partial charge on any atom is 0.301 e. The number of oxime groups is 1. The van der Waals surface area contributed by atoms with Crippen LogP contribution in [0.15, 0.2) is 27.6 Å². The van der Waals surface area contributed by atoms with Gasteiger partial charge in [0.05, 0.1) is 16.8 Å². The lowest BCUT2D eigenvalue weighted by Crippen LogP contribution is -2.06. The van der Waals surface area contributed by atoms with Gasteiger partial charge >= 0.3 is 6.08 Å². The van der Waals surface area contributed by atoms with Crippen LogP contribution in [0.1, 0.15) is 24.1 Å². The zero-order valence-corrected chi connectivity index (χ0v) is 13.0. The van der Waals surface area contributed by atoms with Crippen LogP contribution in [-0.4, -0.2) is 32.0 Å². The topological polar surface area (TPSA) is 68.6 Å². The molecule has 1 aromatic heterocycles. The van der Waals surface area contributed by atoms with Crippen LogP contribution in [-0.2, 0) is 14.7 Å². The van der Waals surface area contributed by atoms with Gasteiger partial charge in [0, 0.05) is 12.6 Å². The molecule has 0 atom stereocenters. The van der Waals surface area contributed by atoms with E-state index in [1.165, 1.54) is 12.4 Å². The van der Waals surface area contributed by atoms with Crippen LogP contribution in [0.3, 0.4) is 0 Å². The molecule has 1 aliphatic rings. The number of sulfone groups is 1. The Labute approximate surface area is 129 Å². The lowest BCUT2D eigenvalue weighted by Gasteiger charge is -1.98. The Balaban J connectivity index is 1.92. The molecule has 10 heteroatoms. The van der Waals surface area contributed by atoms with Gasteiger partial charge < -0.3 is 4.84 Å². The van der Waals surface area contributed by atoms with Gasteiger partial charge in [0.25, 0.3) is 0 Å². The fraction of sp³-hybridized carbons (Fsp3) is 0.500. The summed E-state index contributed by atoms with van der Waals surface area (Å²) in [4.78, 5) is 9.16. The molecule has 1 saturated carbocycles. The second kappa shape index (κ2) is 7.23. The van der Waals surface area contributed by atoms with Gasteiger partial charge in [-0.15, -0.1) is 11.3 Å². The zero-order chi connectivity index (χ0) is 16.2. The number of aromatic nitrogens is 1. The Morgan fingerprint density at radius 1 is 1.45 bits per heavy atom. The standard InChI is InChI=1S/C12H13F3N2O3S2/c13-10(11(14)15)3-4-22(18,19)12-16-5-9(21-12)6-17-20-7-8-1-2-8/h5-6,8H,1-4,7H2/b17-6+. The molecule has 0 amide bonds. The Morgan fingerprint density at radius 3 is 2.82 bits per heavy atom. The third-order valence-electron chi connectivity index (χ3n) is 2.83. The smallest absolute Gasteiger partial charge is 0.301 e. The van der Waals surface area contributed by atoms with Crippen molar-refractivity contribution in [2.45, 2.75) is 23.6 Å². The van der Waals surface area contributed by atoms with Crippen LogP contribution >= 0.6 is 11.3 Å². The summed E-state index contributed by atoms with van der Waals surface area (Å²) in [6.07, 6.45) is 1.49. The fourth-order valence-corrected chi connectivity index (χ4v) is 3.79. The number of halogens is 3. The van der Waals surface area contributed by atoms with Gasteiger partial charge in [-0.3, -0.25) is 0 Å². The van der Waals surface area contributed by atoms with E-state index in [9.17, 15) is 21.6 Å². The number of nitrogens with zero attached hydrogens (tertiary/aromatic N) is 2. The van der Waals surface area contributed by atoms with Crippen LogP contribution in [0.5, 0.6) is 0 Å². The van der Waals surface area contributed by atoms with Crippen LogP contribution in [0.25, 0.3) is 0 Å². The van der Waals surface area contributed by atoms with Crippen molar-refractivity contribution < 1.29 is 26.4 Å². The molecule has 22 heavy (non-hydrogen) atoms. The molecule has 0 aliphatic heterocycles. The molecule has 2 rings (SSSR count). The summed E-state index contributed by atoms with van der Waals surface area (Å²) in [5, 5.41) is 3.70. The van der Waals surface area contributed by atoms with Crippen molar-refractivity contribution in [2.75, 3.05) is 12.4 Å². The highest BCUT2D eigenvalue weighted by Gasteiger charge is 2.22. The lowest BCUT2D eigenvalue weighted by atomic mass is 10.4. The van der Waals surface area contributed by atoms with E-state index in [0.29, 0.717) is 17.4 Å². The first-order valence-corrected chi connectivity index (χ1v) is 8.89. The summed E-state index contributed by atoms with van der Waals surface area (Å²) in [6.45, 7) is 0.529. The first-order valence-electron chi connectivity index (χ1n) is 6.42. The second-order valence-electron chi connectivity index (χ2n) is 4.74. The van der Waals surface area contributed by atoms with Crippen molar-refractivity contribution >= 4 is 27.4 Å². The minimum Gasteiger partial charge on any atom is -0.395 e. The molecule has 0 spiro atoms. The van der Waals surface area contributed by atoms with Crippen molar-refractivity contribution in [3.8, 4) is 0 Å². The molecule has 122 valence electrons. The second-order valence-corrected chi connectivity index (χ2v) is 8.08. The molecule has 1 fully saturated rings. The summed E-state index contributed by atoms with van der Waals surface area (Å²) in [5.41, 5.74) is 0. The largest absolute Gasteiger partial charge is 0.395 e. The number of allylic oxidation sites excluding steroid dienone is 1. The van der Waals surface area contributed by atoms with Gasteiger partial charge in [-0.2, -0.15) is 8.78 Å². The molecule has 1 heterocycles. The molecule has 1 aliphatic carbocycles. The third kappa shape index (κ3) is 5.09. The van der Waals surface area contributed by atoms with Crippen molar-refractivity contribution in [3.05, 3.63) is 23.0 Å². The third-order valence-corrected chi connectivity index (χ3v) is 5.94. The Hall–Kier alpha value is -1.42. The highest BCUT2D eigenvalue weighted by molar-refractivity contribution is 7.93. The predicted molar refractivity (Wildman–Crippen MR) is 75.4 cm³/mol. The Bertz CT molecular complexity index is 678. The molecule has 0 aromatic carbocycles. The zero-order valence-electron chi connectivity index (χ0n) is 11.3. The summed E-state index contributed by atoms with van der Waals surface area (Å²) in [7, 11) is -3.90. The number of hydrogen-bond acceptors (Lipinski definition) is 6. The SMILES string of the molecule is O=S(=O)(CCC(F)=C(F)F)c1ncc(/C=N/OCC2CC2)s1. The van der Waals surface area contributed by atoms with Crippen LogP contribution in [0.2, 0.25) is 0 Å². The van der Waals surface area contributed by atoms with E-state index < -0.39 is 33.9 Å². The van der Waals surface area contributed by atoms with E-state index in [4.69, 9.17) is 4.84 Å². The maximum absolute atomic E-state index is 12.7. The number of thiazole rings is 1. The molecule has 0 bridgehead atoms. The van der Waals surface area contributed by atoms with Gasteiger partial charge in [-0.05, 0) is 18.8 Å². The van der Waals surface area contributed by atoms with Crippen LogP contribution in [0.4, 0.5) is 13.2 Å². The molecule has 5 nitrogen and oxygen atoms in total. The van der Waals surface area contributed by atoms with E-state index >= 15 is 0 Å². The average molecular weight is 354 g/mol. The van der Waals surface area contributed by atoms with Crippen molar-refractivity contribution in [1.82, 2.24) is 4.98 Å². The van der Waals surface area contributed by atoms with Gasteiger partial charge in [0.2, 0.25) is 14.2 Å². The van der Waals surface area contributed by atoms with Gasteiger partial charge in [-0.25, -0.2) is 17.8 Å². The van der Waals surface area contributed by atoms with Gasteiger partial charge in [-0.1, -0.05) is 5.16 Å². The molecule has 0 saturated heterocycles. The van der Waals surface area contributed by atoms with E-state index in [1.807, 2.05) is 0 Å². The highest BCUT2D eigenvalue weighted by Crippen LogP contribution is 2.28. The molecular weight excluding hydrogens is 341 g/mol. The molecule has 0 radical (unpaired) electrons. The van der Waals surface area contributed by atoms with Crippen LogP contribution < -0.4 is 0 Å². The van der Waals surface area contributed by atoms with Gasteiger partial charge in [0.15, 0.2) is 5.83 Å². The van der Waals surface area contributed by atoms with Crippen LogP contribution in [0, 0.1) is 5.92 Å². The van der Waals surface area contributed by atoms with Crippen molar-refractivity contribution in [3.63, 3.8) is 0 Å². The fourth-order valence-electron chi connectivity index (χ4n) is 1.40. The summed E-state index contributed by atoms with van der Waals surface area (Å²) in [5.74, 6) is -1.94. The quantitative estimate of drug-likeness (QED) is 0.531. The minimum absolute atomic E-state index is 0.261. The van der Waals surface area contributed by atoms with Gasteiger partial charge in [0.1, 0.15) is 6.61 Å². The Morgan fingerprint density at radius 2 is 2.18 bits per heavy atom. The lowest BCUT2D eigenvalue weighted by molar-refractivity contribution is 0.135. The predicted octanol–water partition coefficient (Wildman–Crippen LogP) is 3.15. The minimum atomic E-state index is -3.90. The van der Waals surface area contributed by atoms with E-state index in [0.717, 1.165) is 24.2 Å². The van der Waals surface area contributed by atoms with E-state index in [-0.39, 0.29) is 4.34 Å². The van der Waals surface area contributed by atoms with E-state index in [2.05, 4.69) is 10.1 Å². The van der Waals surface area contributed by atoms with Crippen molar-refractivity contribution in [2.24, 2.45) is 11.1 Å². The maximum atomic E-state index is 12.7. The molecule has 0 unspecified atom stereocenters. The summed E-state index contributed by atoms with van der Waals surface area (Å²) >= 11 is 0.820. The normalized spacial score (nSPS) is 15.2. The molecular formula is C12H13F3N2O3S2. The summed E-state index contributed by atoms with van der Waals surface area (Å²) in [6, 6.07) is 0. The first-order chi connectivity index (χ1) is 10.4. The molecule has 1 aromatic rings. The van der Waals surface area contributed by atoms with E-state index in [1.54, 1.807) is 0 Å². The molecule has 0 N–H and O–H groups in total. The highest BCUT2D eigenvalue weighted by atomic mass is 32.2. The average Bonchev–Trinajstić information content (AvgIpc) is 3.16.